The Morgan fingerprint density at radius 2 is 2.35 bits per heavy atom. The van der Waals surface area contributed by atoms with Crippen LogP contribution in [0.15, 0.2) is 27.8 Å². The van der Waals surface area contributed by atoms with Gasteiger partial charge in [-0.1, -0.05) is 0 Å². The third-order valence-electron chi connectivity index (χ3n) is 4.77. The first-order chi connectivity index (χ1) is 11.2. The first kappa shape index (κ1) is 14.8. The quantitative estimate of drug-likeness (QED) is 0.900. The van der Waals surface area contributed by atoms with Crippen LogP contribution in [0.25, 0.3) is 5.57 Å². The number of hydrogen-bond donors (Lipinski definition) is 1. The van der Waals surface area contributed by atoms with Crippen LogP contribution in [0.3, 0.4) is 0 Å². The SMILES string of the molecule is CC1=NC(N)=NC2C1CC(c1nccs1)=CN2[C@@H]1CCCOC1. The summed E-state index contributed by atoms with van der Waals surface area (Å²) in [5.74, 6) is 0.643. The molecule has 0 saturated carbocycles. The fourth-order valence-electron chi connectivity index (χ4n) is 3.61. The zero-order chi connectivity index (χ0) is 15.8. The lowest BCUT2D eigenvalue weighted by molar-refractivity contribution is 0.0154. The van der Waals surface area contributed by atoms with Gasteiger partial charge in [0, 0.05) is 41.6 Å². The van der Waals surface area contributed by atoms with Gasteiger partial charge in [0.05, 0.1) is 12.6 Å². The third kappa shape index (κ3) is 2.79. The number of aromatic nitrogens is 1. The molecule has 1 fully saturated rings. The second-order valence-electron chi connectivity index (χ2n) is 6.27. The monoisotopic (exact) mass is 331 g/mol. The number of nitrogens with zero attached hydrogens (tertiary/aromatic N) is 4. The van der Waals surface area contributed by atoms with Gasteiger partial charge in [-0.3, -0.25) is 0 Å². The predicted octanol–water partition coefficient (Wildman–Crippen LogP) is 2.10. The first-order valence-electron chi connectivity index (χ1n) is 8.06. The molecule has 0 amide bonds. The molecule has 3 atom stereocenters. The Labute approximate surface area is 139 Å². The molecule has 23 heavy (non-hydrogen) atoms. The highest BCUT2D eigenvalue weighted by atomic mass is 32.1. The number of aliphatic imine (C=N–C) groups is 2. The van der Waals surface area contributed by atoms with Crippen molar-refractivity contribution in [1.82, 2.24) is 9.88 Å². The average Bonchev–Trinajstić information content (AvgIpc) is 3.09. The molecule has 3 aliphatic rings. The third-order valence-corrected chi connectivity index (χ3v) is 5.62. The Bertz CT molecular complexity index is 660. The minimum atomic E-state index is 0.0305. The zero-order valence-electron chi connectivity index (χ0n) is 13.2. The van der Waals surface area contributed by atoms with E-state index in [1.807, 2.05) is 11.6 Å². The molecule has 0 aliphatic carbocycles. The minimum Gasteiger partial charge on any atom is -0.379 e. The van der Waals surface area contributed by atoms with Crippen molar-refractivity contribution >= 4 is 28.6 Å². The number of thiazole rings is 1. The summed E-state index contributed by atoms with van der Waals surface area (Å²) in [6, 6.07) is 0.342. The van der Waals surface area contributed by atoms with Crippen molar-refractivity contribution < 1.29 is 4.74 Å². The number of allylic oxidation sites excluding steroid dienone is 1. The zero-order valence-corrected chi connectivity index (χ0v) is 14.0. The lowest BCUT2D eigenvalue weighted by atomic mass is 9.87. The molecule has 0 radical (unpaired) electrons. The van der Waals surface area contributed by atoms with Crippen LogP contribution < -0.4 is 5.73 Å². The maximum absolute atomic E-state index is 5.93. The van der Waals surface area contributed by atoms with E-state index in [9.17, 15) is 0 Å². The number of ether oxygens (including phenoxy) is 1. The molecule has 0 spiro atoms. The molecule has 4 heterocycles. The second-order valence-corrected chi connectivity index (χ2v) is 7.17. The standard InChI is InChI=1S/C16H21N5OS/c1-10-13-7-11(15-18-4-6-23-15)8-21(12-3-2-5-22-9-12)14(13)20-16(17)19-10/h4,6,8,12-14H,2-3,5,7,9H2,1H3,(H2,17,20)/t12-,13?,14?/m1/s1. The van der Waals surface area contributed by atoms with Crippen molar-refractivity contribution in [3.8, 4) is 0 Å². The Morgan fingerprint density at radius 1 is 1.43 bits per heavy atom. The van der Waals surface area contributed by atoms with Crippen LogP contribution in [0, 0.1) is 5.92 Å². The van der Waals surface area contributed by atoms with E-state index in [2.05, 4.69) is 33.0 Å². The normalized spacial score (nSPS) is 31.1. The van der Waals surface area contributed by atoms with Crippen molar-refractivity contribution in [2.75, 3.05) is 13.2 Å². The highest BCUT2D eigenvalue weighted by molar-refractivity contribution is 7.10. The number of hydrogen-bond acceptors (Lipinski definition) is 7. The summed E-state index contributed by atoms with van der Waals surface area (Å²) in [6.45, 7) is 3.66. The molecule has 0 aromatic carbocycles. The van der Waals surface area contributed by atoms with Gasteiger partial charge in [0.15, 0.2) is 0 Å². The van der Waals surface area contributed by atoms with E-state index >= 15 is 0 Å². The lowest BCUT2D eigenvalue weighted by Crippen LogP contribution is -2.51. The van der Waals surface area contributed by atoms with Gasteiger partial charge in [0.1, 0.15) is 11.2 Å². The Morgan fingerprint density at radius 3 is 3.09 bits per heavy atom. The summed E-state index contributed by atoms with van der Waals surface area (Å²) in [4.78, 5) is 15.9. The molecule has 4 rings (SSSR count). The molecule has 122 valence electrons. The second kappa shape index (κ2) is 6.05. The van der Waals surface area contributed by atoms with Gasteiger partial charge in [-0.2, -0.15) is 0 Å². The summed E-state index contributed by atoms with van der Waals surface area (Å²) in [6.07, 6.45) is 7.24. The van der Waals surface area contributed by atoms with Crippen LogP contribution in [0.2, 0.25) is 0 Å². The highest BCUT2D eigenvalue weighted by Gasteiger charge is 2.39. The summed E-state index contributed by atoms with van der Waals surface area (Å²) in [7, 11) is 0. The maximum atomic E-state index is 5.93. The topological polar surface area (TPSA) is 76.1 Å². The van der Waals surface area contributed by atoms with Gasteiger partial charge in [-0.25, -0.2) is 15.0 Å². The summed E-state index contributed by atoms with van der Waals surface area (Å²) in [5, 5.41) is 3.11. The van der Waals surface area contributed by atoms with Gasteiger partial charge in [0.25, 0.3) is 0 Å². The molecular formula is C16H21N5OS. The molecule has 7 heteroatoms. The van der Waals surface area contributed by atoms with Crippen LogP contribution in [0.5, 0.6) is 0 Å². The fourth-order valence-corrected chi connectivity index (χ4v) is 4.27. The van der Waals surface area contributed by atoms with Crippen molar-refractivity contribution in [3.63, 3.8) is 0 Å². The number of rotatable bonds is 2. The van der Waals surface area contributed by atoms with Crippen LogP contribution in [0.1, 0.15) is 31.2 Å². The van der Waals surface area contributed by atoms with Gasteiger partial charge >= 0.3 is 0 Å². The molecule has 3 aliphatic heterocycles. The molecule has 2 unspecified atom stereocenters. The number of nitrogens with two attached hydrogens (primary N) is 1. The first-order valence-corrected chi connectivity index (χ1v) is 8.94. The van der Waals surface area contributed by atoms with Crippen molar-refractivity contribution in [3.05, 3.63) is 22.8 Å². The Hall–Kier alpha value is -1.73. The van der Waals surface area contributed by atoms with Crippen molar-refractivity contribution in [2.24, 2.45) is 21.6 Å². The van der Waals surface area contributed by atoms with Crippen LogP contribution in [-0.2, 0) is 4.74 Å². The van der Waals surface area contributed by atoms with E-state index in [-0.39, 0.29) is 12.1 Å². The van der Waals surface area contributed by atoms with E-state index < -0.39 is 0 Å². The van der Waals surface area contributed by atoms with Crippen LogP contribution in [0.4, 0.5) is 0 Å². The van der Waals surface area contributed by atoms with Crippen LogP contribution >= 0.6 is 11.3 Å². The highest BCUT2D eigenvalue weighted by Crippen LogP contribution is 2.38. The molecule has 1 saturated heterocycles. The number of guanidine groups is 1. The van der Waals surface area contributed by atoms with E-state index in [1.54, 1.807) is 11.3 Å². The summed E-state index contributed by atoms with van der Waals surface area (Å²) < 4.78 is 5.70. The minimum absolute atomic E-state index is 0.0305. The smallest absolute Gasteiger partial charge is 0.217 e. The Balaban J connectivity index is 1.72. The molecule has 1 aromatic rings. The van der Waals surface area contributed by atoms with E-state index in [0.29, 0.717) is 12.0 Å². The number of fused-ring (bicyclic) bond motifs is 1. The largest absolute Gasteiger partial charge is 0.379 e. The lowest BCUT2D eigenvalue weighted by Gasteiger charge is -2.45. The molecule has 1 aromatic heterocycles. The van der Waals surface area contributed by atoms with Crippen molar-refractivity contribution in [1.29, 1.82) is 0 Å². The predicted molar refractivity (Wildman–Crippen MR) is 92.4 cm³/mol. The summed E-state index contributed by atoms with van der Waals surface area (Å²) in [5.41, 5.74) is 8.25. The molecule has 0 bridgehead atoms. The van der Waals surface area contributed by atoms with Gasteiger partial charge < -0.3 is 15.4 Å². The van der Waals surface area contributed by atoms with Gasteiger partial charge in [0.2, 0.25) is 5.96 Å². The molecular weight excluding hydrogens is 310 g/mol. The van der Waals surface area contributed by atoms with E-state index in [1.165, 1.54) is 5.57 Å². The van der Waals surface area contributed by atoms with E-state index in [4.69, 9.17) is 10.5 Å². The van der Waals surface area contributed by atoms with E-state index in [0.717, 1.165) is 43.2 Å². The molecule has 6 nitrogen and oxygen atoms in total. The average molecular weight is 331 g/mol. The van der Waals surface area contributed by atoms with Gasteiger partial charge in [-0.15, -0.1) is 11.3 Å². The Kier molecular flexibility index (Phi) is 3.90. The van der Waals surface area contributed by atoms with Crippen LogP contribution in [-0.4, -0.2) is 47.0 Å². The maximum Gasteiger partial charge on any atom is 0.217 e. The van der Waals surface area contributed by atoms with Crippen molar-refractivity contribution in [2.45, 2.75) is 38.4 Å². The van der Waals surface area contributed by atoms with Gasteiger partial charge in [-0.05, 0) is 26.2 Å². The fraction of sp³-hybridized carbons (Fsp3) is 0.562. The summed E-state index contributed by atoms with van der Waals surface area (Å²) >= 11 is 1.68. The molecule has 2 N–H and O–H groups in total.